The minimum Gasteiger partial charge on any atom is -0.310 e. The molecular formula is C18H25ClN2. The Morgan fingerprint density at radius 1 is 1.24 bits per heavy atom. The Balaban J connectivity index is 2.01. The van der Waals surface area contributed by atoms with Crippen molar-refractivity contribution in [2.24, 2.45) is 10.8 Å². The summed E-state index contributed by atoms with van der Waals surface area (Å²) in [7, 11) is 0. The Kier molecular flexibility index (Phi) is 4.66. The van der Waals surface area contributed by atoms with E-state index in [1.54, 1.807) is 6.07 Å². The molecule has 1 aliphatic rings. The molecule has 0 spiro atoms. The van der Waals surface area contributed by atoms with Gasteiger partial charge in [0, 0.05) is 17.6 Å². The molecule has 1 aromatic rings. The molecule has 114 valence electrons. The molecule has 1 aromatic carbocycles. The number of nitrogens with one attached hydrogen (secondary N) is 1. The largest absolute Gasteiger partial charge is 0.310 e. The number of hydrogen-bond donors (Lipinski definition) is 1. The van der Waals surface area contributed by atoms with Gasteiger partial charge in [-0.25, -0.2) is 0 Å². The second-order valence-corrected chi connectivity index (χ2v) is 8.32. The van der Waals surface area contributed by atoms with Crippen LogP contribution in [0, 0.1) is 22.2 Å². The number of nitriles is 1. The van der Waals surface area contributed by atoms with E-state index in [1.165, 1.54) is 19.3 Å². The zero-order valence-electron chi connectivity index (χ0n) is 13.5. The average Bonchev–Trinajstić information content (AvgIpc) is 2.33. The molecule has 0 heterocycles. The number of hydrogen-bond acceptors (Lipinski definition) is 2. The van der Waals surface area contributed by atoms with Crippen LogP contribution in [0.25, 0.3) is 0 Å². The van der Waals surface area contributed by atoms with Gasteiger partial charge in [0.25, 0.3) is 0 Å². The third-order valence-electron chi connectivity index (χ3n) is 4.32. The number of nitrogens with zero attached hydrogens (tertiary/aromatic N) is 1. The van der Waals surface area contributed by atoms with E-state index >= 15 is 0 Å². The van der Waals surface area contributed by atoms with Crippen molar-refractivity contribution in [3.63, 3.8) is 0 Å². The van der Waals surface area contributed by atoms with E-state index in [0.717, 1.165) is 12.1 Å². The van der Waals surface area contributed by atoms with Gasteiger partial charge in [0.2, 0.25) is 0 Å². The molecule has 2 rings (SSSR count). The zero-order valence-corrected chi connectivity index (χ0v) is 14.2. The molecule has 0 aromatic heterocycles. The fourth-order valence-corrected chi connectivity index (χ4v) is 4.25. The average molecular weight is 305 g/mol. The van der Waals surface area contributed by atoms with Gasteiger partial charge in [-0.3, -0.25) is 0 Å². The lowest BCUT2D eigenvalue weighted by molar-refractivity contribution is 0.0845. The van der Waals surface area contributed by atoms with Crippen molar-refractivity contribution in [2.45, 2.75) is 59.5 Å². The summed E-state index contributed by atoms with van der Waals surface area (Å²) < 4.78 is 0. The quantitative estimate of drug-likeness (QED) is 0.861. The fraction of sp³-hybridized carbons (Fsp3) is 0.611. The van der Waals surface area contributed by atoms with Gasteiger partial charge in [-0.05, 0) is 47.8 Å². The summed E-state index contributed by atoms with van der Waals surface area (Å²) >= 11 is 6.25. The first-order chi connectivity index (χ1) is 9.71. The molecule has 0 aliphatic heterocycles. The van der Waals surface area contributed by atoms with Crippen molar-refractivity contribution in [3.8, 4) is 6.07 Å². The summed E-state index contributed by atoms with van der Waals surface area (Å²) in [4.78, 5) is 0. The van der Waals surface area contributed by atoms with Gasteiger partial charge in [0.1, 0.15) is 0 Å². The molecule has 0 saturated heterocycles. The first kappa shape index (κ1) is 16.3. The fourth-order valence-electron chi connectivity index (χ4n) is 4.00. The minimum atomic E-state index is 0.383. The highest BCUT2D eigenvalue weighted by atomic mass is 35.5. The van der Waals surface area contributed by atoms with E-state index in [-0.39, 0.29) is 0 Å². The van der Waals surface area contributed by atoms with Gasteiger partial charge in [0.05, 0.1) is 11.6 Å². The third kappa shape index (κ3) is 4.46. The standard InChI is InChI=1S/C18H25ClN2/c1-17(2)8-15(9-18(3,4)12-17)21-11-14-6-5-13(10-20)7-16(14)19/h5-7,15,21H,8-9,11-12H2,1-4H3. The summed E-state index contributed by atoms with van der Waals surface area (Å²) in [6, 6.07) is 8.17. The highest BCUT2D eigenvalue weighted by Gasteiger charge is 2.38. The van der Waals surface area contributed by atoms with Gasteiger partial charge < -0.3 is 5.32 Å². The van der Waals surface area contributed by atoms with Crippen LogP contribution in [0.4, 0.5) is 0 Å². The van der Waals surface area contributed by atoms with Crippen LogP contribution < -0.4 is 5.32 Å². The summed E-state index contributed by atoms with van der Waals surface area (Å²) in [6.45, 7) is 10.2. The second-order valence-electron chi connectivity index (χ2n) is 7.91. The van der Waals surface area contributed by atoms with Gasteiger partial charge in [-0.1, -0.05) is 45.4 Å². The van der Waals surface area contributed by atoms with E-state index in [2.05, 4.69) is 39.1 Å². The maximum absolute atomic E-state index is 8.88. The van der Waals surface area contributed by atoms with Crippen molar-refractivity contribution < 1.29 is 0 Å². The van der Waals surface area contributed by atoms with Crippen LogP contribution in [0.2, 0.25) is 5.02 Å². The molecule has 0 atom stereocenters. The molecular weight excluding hydrogens is 280 g/mol. The SMILES string of the molecule is CC1(C)CC(NCc2ccc(C#N)cc2Cl)CC(C)(C)C1. The van der Waals surface area contributed by atoms with Crippen molar-refractivity contribution in [1.82, 2.24) is 5.32 Å². The van der Waals surface area contributed by atoms with Gasteiger partial charge in [0.15, 0.2) is 0 Å². The van der Waals surface area contributed by atoms with Crippen molar-refractivity contribution in [1.29, 1.82) is 5.26 Å². The van der Waals surface area contributed by atoms with Crippen molar-refractivity contribution in [2.75, 3.05) is 0 Å². The first-order valence-electron chi connectivity index (χ1n) is 7.63. The van der Waals surface area contributed by atoms with Crippen molar-refractivity contribution >= 4 is 11.6 Å². The molecule has 0 unspecified atom stereocenters. The van der Waals surface area contributed by atoms with Crippen LogP contribution in [0.5, 0.6) is 0 Å². The molecule has 0 radical (unpaired) electrons. The van der Waals surface area contributed by atoms with Gasteiger partial charge in [-0.15, -0.1) is 0 Å². The van der Waals surface area contributed by atoms with Gasteiger partial charge in [-0.2, -0.15) is 5.26 Å². The maximum atomic E-state index is 8.88. The maximum Gasteiger partial charge on any atom is 0.0992 e. The molecule has 1 N–H and O–H groups in total. The van der Waals surface area contributed by atoms with E-state index in [1.807, 2.05) is 12.1 Å². The van der Waals surface area contributed by atoms with Crippen molar-refractivity contribution in [3.05, 3.63) is 34.3 Å². The van der Waals surface area contributed by atoms with Crippen LogP contribution in [0.15, 0.2) is 18.2 Å². The summed E-state index contributed by atoms with van der Waals surface area (Å²) in [5, 5.41) is 13.2. The molecule has 1 aliphatic carbocycles. The van der Waals surface area contributed by atoms with E-state index in [4.69, 9.17) is 16.9 Å². The molecule has 2 nitrogen and oxygen atoms in total. The van der Waals surface area contributed by atoms with Crippen LogP contribution in [0.1, 0.15) is 58.1 Å². The van der Waals surface area contributed by atoms with Crippen LogP contribution in [-0.2, 0) is 6.54 Å². The smallest absolute Gasteiger partial charge is 0.0992 e. The van der Waals surface area contributed by atoms with Crippen LogP contribution in [-0.4, -0.2) is 6.04 Å². The Morgan fingerprint density at radius 2 is 1.86 bits per heavy atom. The minimum absolute atomic E-state index is 0.383. The summed E-state index contributed by atoms with van der Waals surface area (Å²) in [5.41, 5.74) is 2.45. The van der Waals surface area contributed by atoms with Crippen LogP contribution >= 0.6 is 11.6 Å². The second kappa shape index (κ2) is 5.99. The zero-order chi connectivity index (χ0) is 15.7. The Hall–Kier alpha value is -1.04. The summed E-state index contributed by atoms with van der Waals surface area (Å²) in [5.74, 6) is 0. The predicted molar refractivity (Wildman–Crippen MR) is 88.2 cm³/mol. The molecule has 0 bridgehead atoms. The Bertz CT molecular complexity index is 539. The highest BCUT2D eigenvalue weighted by Crippen LogP contribution is 2.45. The molecule has 1 fully saturated rings. The first-order valence-corrected chi connectivity index (χ1v) is 8.01. The lowest BCUT2D eigenvalue weighted by Crippen LogP contribution is -2.43. The molecule has 0 amide bonds. The predicted octanol–water partition coefficient (Wildman–Crippen LogP) is 4.91. The normalized spacial score (nSPS) is 21.0. The molecule has 3 heteroatoms. The number of benzene rings is 1. The number of halogens is 1. The van der Waals surface area contributed by atoms with E-state index in [0.29, 0.717) is 27.5 Å². The lowest BCUT2D eigenvalue weighted by atomic mass is 9.63. The Labute approximate surface area is 133 Å². The summed E-state index contributed by atoms with van der Waals surface area (Å²) in [6.07, 6.45) is 3.67. The third-order valence-corrected chi connectivity index (χ3v) is 4.67. The van der Waals surface area contributed by atoms with E-state index < -0.39 is 0 Å². The topological polar surface area (TPSA) is 35.8 Å². The van der Waals surface area contributed by atoms with Gasteiger partial charge >= 0.3 is 0 Å². The van der Waals surface area contributed by atoms with E-state index in [9.17, 15) is 0 Å². The molecule has 21 heavy (non-hydrogen) atoms. The number of rotatable bonds is 3. The monoisotopic (exact) mass is 304 g/mol. The lowest BCUT2D eigenvalue weighted by Gasteiger charge is -2.45. The van der Waals surface area contributed by atoms with Crippen LogP contribution in [0.3, 0.4) is 0 Å². The highest BCUT2D eigenvalue weighted by molar-refractivity contribution is 6.31. The Morgan fingerprint density at radius 3 is 2.38 bits per heavy atom. The molecule has 1 saturated carbocycles.